The molecule has 0 N–H and O–H groups in total. The maximum Gasteiger partial charge on any atom is 0.309 e. The molecule has 0 spiro atoms. The first-order valence-corrected chi connectivity index (χ1v) is 3.49. The highest BCUT2D eigenvalue weighted by atomic mass is 16.6. The number of carbonyl (C=O) groups excluding carboxylic acids is 2. The number of cyclic esters (lactones) is 1. The van der Waals surface area contributed by atoms with Crippen molar-refractivity contribution in [2.75, 3.05) is 14.1 Å². The number of hydrogen-bond acceptors (Lipinski definition) is 3. The molecule has 1 amide bonds. The van der Waals surface area contributed by atoms with E-state index in [0.717, 1.165) is 0 Å². The van der Waals surface area contributed by atoms with Crippen LogP contribution in [0.4, 0.5) is 0 Å². The largest absolute Gasteiger partial charge is 0.461 e. The molecule has 0 aromatic rings. The van der Waals surface area contributed by atoms with E-state index < -0.39 is 0 Å². The lowest BCUT2D eigenvalue weighted by Gasteiger charge is -2.25. The summed E-state index contributed by atoms with van der Waals surface area (Å²) in [5, 5.41) is 0. The first-order chi connectivity index (χ1) is 5.09. The van der Waals surface area contributed by atoms with Crippen LogP contribution < -0.4 is 0 Å². The van der Waals surface area contributed by atoms with Gasteiger partial charge in [0.05, 0.1) is 12.8 Å². The molecule has 0 aromatic carbocycles. The molecule has 62 valence electrons. The molecule has 0 aliphatic carbocycles. The second-order valence-corrected chi connectivity index (χ2v) is 2.81. The van der Waals surface area contributed by atoms with Crippen molar-refractivity contribution in [3.8, 4) is 0 Å². The second-order valence-electron chi connectivity index (χ2n) is 2.81. The molecule has 4 nitrogen and oxygen atoms in total. The van der Waals surface area contributed by atoms with Crippen molar-refractivity contribution in [3.05, 3.63) is 0 Å². The Morgan fingerprint density at radius 2 is 2.27 bits per heavy atom. The van der Waals surface area contributed by atoms with Crippen molar-refractivity contribution in [3.63, 3.8) is 0 Å². The van der Waals surface area contributed by atoms with E-state index in [1.165, 1.54) is 4.90 Å². The van der Waals surface area contributed by atoms with Crippen molar-refractivity contribution in [1.82, 2.24) is 4.90 Å². The van der Waals surface area contributed by atoms with Crippen LogP contribution in [0.5, 0.6) is 0 Å². The summed E-state index contributed by atoms with van der Waals surface area (Å²) >= 11 is 0. The Hall–Kier alpha value is -1.06. The number of hydrogen-bond donors (Lipinski definition) is 0. The summed E-state index contributed by atoms with van der Waals surface area (Å²) in [5.74, 6) is -0.205. The molecule has 11 heavy (non-hydrogen) atoms. The van der Waals surface area contributed by atoms with E-state index in [2.05, 4.69) is 4.74 Å². The molecule has 1 aliphatic heterocycles. The fourth-order valence-corrected chi connectivity index (χ4v) is 0.853. The Balaban J connectivity index is 2.22. The fraction of sp³-hybridized carbons (Fsp3) is 0.714. The van der Waals surface area contributed by atoms with Crippen molar-refractivity contribution < 1.29 is 14.3 Å². The quantitative estimate of drug-likeness (QED) is 0.520. The van der Waals surface area contributed by atoms with E-state index in [0.29, 0.717) is 12.8 Å². The second kappa shape index (κ2) is 2.90. The van der Waals surface area contributed by atoms with Crippen LogP contribution in [0.2, 0.25) is 0 Å². The van der Waals surface area contributed by atoms with Gasteiger partial charge in [0.15, 0.2) is 0 Å². The number of ether oxygens (including phenoxy) is 1. The molecule has 0 saturated carbocycles. The first-order valence-electron chi connectivity index (χ1n) is 3.49. The van der Waals surface area contributed by atoms with Crippen LogP contribution in [-0.2, 0) is 14.3 Å². The number of rotatable bonds is 2. The van der Waals surface area contributed by atoms with E-state index >= 15 is 0 Å². The minimum atomic E-state index is -0.207. The zero-order valence-corrected chi connectivity index (χ0v) is 6.66. The normalized spacial score (nSPS) is 22.0. The monoisotopic (exact) mass is 157 g/mol. The van der Waals surface area contributed by atoms with Crippen LogP contribution in [0, 0.1) is 0 Å². The average molecular weight is 157 g/mol. The third kappa shape index (κ3) is 1.93. The van der Waals surface area contributed by atoms with Gasteiger partial charge in [-0.2, -0.15) is 0 Å². The van der Waals surface area contributed by atoms with Crippen molar-refractivity contribution in [1.29, 1.82) is 0 Å². The van der Waals surface area contributed by atoms with E-state index in [1.807, 2.05) is 0 Å². The highest BCUT2D eigenvalue weighted by Crippen LogP contribution is 2.16. The molecule has 1 aliphatic rings. The maximum atomic E-state index is 11.0. The van der Waals surface area contributed by atoms with Gasteiger partial charge in [0, 0.05) is 14.1 Å². The molecule has 1 fully saturated rings. The van der Waals surface area contributed by atoms with Gasteiger partial charge >= 0.3 is 5.97 Å². The van der Waals surface area contributed by atoms with Crippen LogP contribution in [-0.4, -0.2) is 37.0 Å². The predicted octanol–water partition coefficient (Wildman–Crippen LogP) is -0.220. The van der Waals surface area contributed by atoms with Gasteiger partial charge in [-0.25, -0.2) is 0 Å². The maximum absolute atomic E-state index is 11.0. The van der Waals surface area contributed by atoms with Gasteiger partial charge in [0.2, 0.25) is 5.91 Å². The summed E-state index contributed by atoms with van der Waals surface area (Å²) in [7, 11) is 3.37. The van der Waals surface area contributed by atoms with E-state index in [9.17, 15) is 9.59 Å². The lowest BCUT2D eigenvalue weighted by atomic mass is 10.1. The summed E-state index contributed by atoms with van der Waals surface area (Å²) in [6.45, 7) is 0. The van der Waals surface area contributed by atoms with E-state index in [4.69, 9.17) is 0 Å². The summed E-state index contributed by atoms with van der Waals surface area (Å²) in [4.78, 5) is 22.8. The molecule has 0 bridgehead atoms. The molecule has 4 heteroatoms. The van der Waals surface area contributed by atoms with Crippen LogP contribution in [0.1, 0.15) is 12.8 Å². The third-order valence-corrected chi connectivity index (χ3v) is 1.59. The van der Waals surface area contributed by atoms with E-state index in [-0.39, 0.29) is 18.0 Å². The van der Waals surface area contributed by atoms with Crippen molar-refractivity contribution in [2.24, 2.45) is 0 Å². The molecular formula is C7H11NO3. The van der Waals surface area contributed by atoms with Gasteiger partial charge < -0.3 is 9.64 Å². The summed E-state index contributed by atoms with van der Waals surface area (Å²) < 4.78 is 4.67. The summed E-state index contributed by atoms with van der Waals surface area (Å²) in [6, 6.07) is 0. The van der Waals surface area contributed by atoms with Gasteiger partial charge in [-0.1, -0.05) is 0 Å². The van der Waals surface area contributed by atoms with Crippen LogP contribution in [0.3, 0.4) is 0 Å². The van der Waals surface area contributed by atoms with Gasteiger partial charge in [0.1, 0.15) is 6.10 Å². The summed E-state index contributed by atoms with van der Waals surface area (Å²) in [5.41, 5.74) is 0. The first kappa shape index (κ1) is 8.04. The van der Waals surface area contributed by atoms with Crippen molar-refractivity contribution in [2.45, 2.75) is 18.9 Å². The average Bonchev–Trinajstić information content (AvgIpc) is 1.84. The molecule has 1 heterocycles. The Kier molecular flexibility index (Phi) is 2.12. The SMILES string of the molecule is CN(C)C(=O)CC1CC(=O)O1. The van der Waals surface area contributed by atoms with Gasteiger partial charge in [-0.15, -0.1) is 0 Å². The van der Waals surface area contributed by atoms with E-state index in [1.54, 1.807) is 14.1 Å². The highest BCUT2D eigenvalue weighted by Gasteiger charge is 2.30. The van der Waals surface area contributed by atoms with Crippen LogP contribution in [0.15, 0.2) is 0 Å². The fourth-order valence-electron chi connectivity index (χ4n) is 0.853. The highest BCUT2D eigenvalue weighted by molar-refractivity contribution is 5.81. The Morgan fingerprint density at radius 3 is 2.64 bits per heavy atom. The lowest BCUT2D eigenvalue weighted by Crippen LogP contribution is -2.37. The zero-order valence-electron chi connectivity index (χ0n) is 6.66. The molecule has 0 aromatic heterocycles. The smallest absolute Gasteiger partial charge is 0.309 e. The predicted molar refractivity (Wildman–Crippen MR) is 37.8 cm³/mol. The van der Waals surface area contributed by atoms with Gasteiger partial charge in [-0.05, 0) is 0 Å². The lowest BCUT2D eigenvalue weighted by molar-refractivity contribution is -0.171. The number of nitrogens with zero attached hydrogens (tertiary/aromatic N) is 1. The molecule has 1 atom stereocenters. The molecule has 1 saturated heterocycles. The standard InChI is InChI=1S/C7H11NO3/c1-8(2)6(9)3-5-4-7(10)11-5/h5H,3-4H2,1-2H3. The molecule has 1 rings (SSSR count). The Labute approximate surface area is 65.1 Å². The van der Waals surface area contributed by atoms with Crippen molar-refractivity contribution >= 4 is 11.9 Å². The number of carbonyl (C=O) groups is 2. The minimum absolute atomic E-state index is 0.00231. The van der Waals surface area contributed by atoms with Gasteiger partial charge in [-0.3, -0.25) is 9.59 Å². The molecule has 1 unspecified atom stereocenters. The Morgan fingerprint density at radius 1 is 1.73 bits per heavy atom. The summed E-state index contributed by atoms with van der Waals surface area (Å²) in [6.07, 6.45) is 0.538. The topological polar surface area (TPSA) is 46.6 Å². The number of esters is 1. The van der Waals surface area contributed by atoms with Crippen LogP contribution >= 0.6 is 0 Å². The zero-order chi connectivity index (χ0) is 8.43. The number of amides is 1. The molecular weight excluding hydrogens is 146 g/mol. The Bertz CT molecular complexity index is 180. The van der Waals surface area contributed by atoms with Gasteiger partial charge in [0.25, 0.3) is 0 Å². The molecule has 0 radical (unpaired) electrons. The van der Waals surface area contributed by atoms with Crippen LogP contribution in [0.25, 0.3) is 0 Å². The third-order valence-electron chi connectivity index (χ3n) is 1.59. The minimum Gasteiger partial charge on any atom is -0.461 e.